The molecule has 1 aliphatic heterocycles. The minimum atomic E-state index is -0.774. The van der Waals surface area contributed by atoms with Gasteiger partial charge in [-0.05, 0) is 18.8 Å². The molecule has 0 aliphatic carbocycles. The number of likely N-dealkylation sites (tertiary alicyclic amines) is 1. The number of rotatable bonds is 5. The number of aliphatic carboxylic acids is 1. The van der Waals surface area contributed by atoms with Gasteiger partial charge in [0.2, 0.25) is 0 Å². The second kappa shape index (κ2) is 7.53. The first-order chi connectivity index (χ1) is 9.43. The van der Waals surface area contributed by atoms with Crippen molar-refractivity contribution in [3.05, 3.63) is 11.8 Å². The van der Waals surface area contributed by atoms with Crippen molar-refractivity contribution in [1.29, 1.82) is 5.26 Å². The Kier molecular flexibility index (Phi) is 6.04. The Labute approximate surface area is 119 Å². The molecule has 1 heterocycles. The number of nitriles is 1. The highest BCUT2D eigenvalue weighted by molar-refractivity contribution is 5.97. The van der Waals surface area contributed by atoms with E-state index >= 15 is 0 Å². The fourth-order valence-electron chi connectivity index (χ4n) is 1.99. The van der Waals surface area contributed by atoms with Gasteiger partial charge in [0, 0.05) is 25.8 Å². The Bertz CT molecular complexity index is 429. The van der Waals surface area contributed by atoms with Gasteiger partial charge < -0.3 is 15.3 Å². The second-order valence-corrected chi connectivity index (χ2v) is 5.41. The summed E-state index contributed by atoms with van der Waals surface area (Å²) in [5.74, 6) is -1.14. The maximum atomic E-state index is 11.8. The first-order valence-corrected chi connectivity index (χ1v) is 6.81. The highest BCUT2D eigenvalue weighted by Gasteiger charge is 2.23. The van der Waals surface area contributed by atoms with E-state index in [0.29, 0.717) is 38.4 Å². The van der Waals surface area contributed by atoms with Crippen LogP contribution in [0.25, 0.3) is 0 Å². The Morgan fingerprint density at radius 2 is 2.05 bits per heavy atom. The van der Waals surface area contributed by atoms with Crippen LogP contribution >= 0.6 is 0 Å². The quantitative estimate of drug-likeness (QED) is 0.577. The molecular weight excluding hydrogens is 258 g/mol. The van der Waals surface area contributed by atoms with E-state index in [2.05, 4.69) is 5.32 Å². The van der Waals surface area contributed by atoms with E-state index in [-0.39, 0.29) is 17.4 Å². The maximum Gasteiger partial charge on any atom is 0.306 e. The third kappa shape index (κ3) is 4.92. The van der Waals surface area contributed by atoms with Gasteiger partial charge in [0.25, 0.3) is 5.91 Å². The summed E-state index contributed by atoms with van der Waals surface area (Å²) in [6.07, 6.45) is 2.62. The molecule has 0 saturated carbocycles. The van der Waals surface area contributed by atoms with E-state index in [1.165, 1.54) is 6.20 Å². The molecule has 0 aromatic heterocycles. The van der Waals surface area contributed by atoms with Crippen molar-refractivity contribution in [3.63, 3.8) is 0 Å². The van der Waals surface area contributed by atoms with Gasteiger partial charge in [-0.2, -0.15) is 5.26 Å². The lowest BCUT2D eigenvalue weighted by atomic mass is 9.97. The SMILES string of the molecule is CC(C)CNC(=O)/C(C#N)=C\N1CCC(C(=O)O)CC1. The number of nitrogens with zero attached hydrogens (tertiary/aromatic N) is 2. The summed E-state index contributed by atoms with van der Waals surface area (Å²) in [6, 6.07) is 1.90. The molecule has 0 aromatic rings. The number of hydrogen-bond acceptors (Lipinski definition) is 4. The topological polar surface area (TPSA) is 93.4 Å². The highest BCUT2D eigenvalue weighted by atomic mass is 16.4. The van der Waals surface area contributed by atoms with Gasteiger partial charge in [-0.25, -0.2) is 0 Å². The van der Waals surface area contributed by atoms with Crippen LogP contribution < -0.4 is 5.32 Å². The van der Waals surface area contributed by atoms with Crippen molar-refractivity contribution in [3.8, 4) is 6.07 Å². The highest BCUT2D eigenvalue weighted by Crippen LogP contribution is 2.18. The number of carbonyl (C=O) groups is 2. The van der Waals surface area contributed by atoms with Crippen molar-refractivity contribution < 1.29 is 14.7 Å². The summed E-state index contributed by atoms with van der Waals surface area (Å²) >= 11 is 0. The number of carboxylic acid groups (broad SMARTS) is 1. The van der Waals surface area contributed by atoms with Crippen LogP contribution in [0.3, 0.4) is 0 Å². The van der Waals surface area contributed by atoms with Crippen molar-refractivity contribution in [2.75, 3.05) is 19.6 Å². The Balaban J connectivity index is 2.56. The number of carbonyl (C=O) groups excluding carboxylic acids is 1. The average molecular weight is 279 g/mol. The van der Waals surface area contributed by atoms with E-state index in [1.807, 2.05) is 24.8 Å². The number of nitrogens with one attached hydrogen (secondary N) is 1. The zero-order chi connectivity index (χ0) is 15.1. The molecule has 6 nitrogen and oxygen atoms in total. The van der Waals surface area contributed by atoms with E-state index in [9.17, 15) is 9.59 Å². The van der Waals surface area contributed by atoms with Gasteiger partial charge in [0.1, 0.15) is 11.6 Å². The first-order valence-electron chi connectivity index (χ1n) is 6.81. The first kappa shape index (κ1) is 16.0. The Morgan fingerprint density at radius 1 is 1.45 bits per heavy atom. The van der Waals surface area contributed by atoms with Crippen molar-refractivity contribution in [1.82, 2.24) is 10.2 Å². The molecule has 0 atom stereocenters. The van der Waals surface area contributed by atoms with Gasteiger partial charge in [-0.3, -0.25) is 9.59 Å². The summed E-state index contributed by atoms with van der Waals surface area (Å²) < 4.78 is 0. The molecule has 0 spiro atoms. The van der Waals surface area contributed by atoms with Gasteiger partial charge >= 0.3 is 5.97 Å². The average Bonchev–Trinajstić information content (AvgIpc) is 2.42. The third-order valence-corrected chi connectivity index (χ3v) is 3.23. The van der Waals surface area contributed by atoms with Crippen LogP contribution in [0.2, 0.25) is 0 Å². The molecule has 0 unspecified atom stereocenters. The van der Waals surface area contributed by atoms with Crippen molar-refractivity contribution >= 4 is 11.9 Å². The van der Waals surface area contributed by atoms with Crippen molar-refractivity contribution in [2.24, 2.45) is 11.8 Å². The number of piperidine rings is 1. The third-order valence-electron chi connectivity index (χ3n) is 3.23. The summed E-state index contributed by atoms with van der Waals surface area (Å²) in [7, 11) is 0. The fourth-order valence-corrected chi connectivity index (χ4v) is 1.99. The molecule has 110 valence electrons. The van der Waals surface area contributed by atoms with E-state index in [0.717, 1.165) is 0 Å². The van der Waals surface area contributed by atoms with Crippen LogP contribution in [-0.2, 0) is 9.59 Å². The molecule has 20 heavy (non-hydrogen) atoms. The molecule has 2 N–H and O–H groups in total. The minimum Gasteiger partial charge on any atom is -0.481 e. The molecular formula is C14H21N3O3. The summed E-state index contributed by atoms with van der Waals surface area (Å²) in [6.45, 7) is 5.59. The van der Waals surface area contributed by atoms with Crippen LogP contribution in [0.4, 0.5) is 0 Å². The molecule has 1 rings (SSSR count). The molecule has 0 radical (unpaired) electrons. The van der Waals surface area contributed by atoms with E-state index < -0.39 is 5.97 Å². The van der Waals surface area contributed by atoms with Gasteiger partial charge in [0.05, 0.1) is 5.92 Å². The van der Waals surface area contributed by atoms with E-state index in [1.54, 1.807) is 0 Å². The molecule has 1 saturated heterocycles. The van der Waals surface area contributed by atoms with Crippen LogP contribution in [0.15, 0.2) is 11.8 Å². The Hall–Kier alpha value is -2.03. The molecule has 1 aliphatic rings. The standard InChI is InChI=1S/C14H21N3O3/c1-10(2)8-16-13(18)12(7-15)9-17-5-3-11(4-6-17)14(19)20/h9-11H,3-6,8H2,1-2H3,(H,16,18)(H,19,20)/b12-9-. The lowest BCUT2D eigenvalue weighted by Crippen LogP contribution is -2.34. The predicted octanol–water partition coefficient (Wildman–Crippen LogP) is 0.963. The van der Waals surface area contributed by atoms with Gasteiger partial charge in [-0.1, -0.05) is 13.8 Å². The predicted molar refractivity (Wildman–Crippen MR) is 73.5 cm³/mol. The second-order valence-electron chi connectivity index (χ2n) is 5.41. The summed E-state index contributed by atoms with van der Waals surface area (Å²) in [5, 5.41) is 20.6. The van der Waals surface area contributed by atoms with Crippen LogP contribution in [0.5, 0.6) is 0 Å². The lowest BCUT2D eigenvalue weighted by Gasteiger charge is -2.29. The monoisotopic (exact) mass is 279 g/mol. The molecule has 1 amide bonds. The molecule has 0 aromatic carbocycles. The van der Waals surface area contributed by atoms with Gasteiger partial charge in [0.15, 0.2) is 0 Å². The smallest absolute Gasteiger partial charge is 0.306 e. The molecule has 0 bridgehead atoms. The number of hydrogen-bond donors (Lipinski definition) is 2. The summed E-state index contributed by atoms with van der Waals surface area (Å²) in [4.78, 5) is 24.5. The number of amides is 1. The largest absolute Gasteiger partial charge is 0.481 e. The van der Waals surface area contributed by atoms with E-state index in [4.69, 9.17) is 10.4 Å². The normalized spacial score (nSPS) is 16.9. The molecule has 6 heteroatoms. The fraction of sp³-hybridized carbons (Fsp3) is 0.643. The minimum absolute atomic E-state index is 0.0689. The lowest BCUT2D eigenvalue weighted by molar-refractivity contribution is -0.143. The van der Waals surface area contributed by atoms with Crippen LogP contribution in [-0.4, -0.2) is 41.5 Å². The zero-order valence-corrected chi connectivity index (χ0v) is 11.9. The van der Waals surface area contributed by atoms with Crippen LogP contribution in [0.1, 0.15) is 26.7 Å². The zero-order valence-electron chi connectivity index (χ0n) is 11.9. The van der Waals surface area contributed by atoms with Crippen LogP contribution in [0, 0.1) is 23.2 Å². The number of carboxylic acids is 1. The van der Waals surface area contributed by atoms with Crippen molar-refractivity contribution in [2.45, 2.75) is 26.7 Å². The maximum absolute atomic E-state index is 11.8. The molecule has 1 fully saturated rings. The van der Waals surface area contributed by atoms with Gasteiger partial charge in [-0.15, -0.1) is 0 Å². The summed E-state index contributed by atoms with van der Waals surface area (Å²) in [5.41, 5.74) is 0.0689. The Morgan fingerprint density at radius 3 is 2.50 bits per heavy atom.